The van der Waals surface area contributed by atoms with Crippen LogP contribution in [0, 0.1) is 0 Å². The summed E-state index contributed by atoms with van der Waals surface area (Å²) in [6.45, 7) is 0. The molecule has 0 saturated carbocycles. The van der Waals surface area contributed by atoms with Crippen LogP contribution in [0.25, 0.3) is 96.7 Å². The van der Waals surface area contributed by atoms with Crippen molar-refractivity contribution in [2.45, 2.75) is 0 Å². The smallest absolute Gasteiger partial charge is 0.136 e. The van der Waals surface area contributed by atoms with E-state index in [0.29, 0.717) is 0 Å². The number of furan rings is 1. The average Bonchev–Trinajstić information content (AvgIpc) is 3.84. The summed E-state index contributed by atoms with van der Waals surface area (Å²) >= 11 is 1.86. The van der Waals surface area contributed by atoms with Gasteiger partial charge in [-0.15, -0.1) is 11.3 Å². The SMILES string of the molecule is c1ccc(N(c2ccc(-c3cc4ccccc4c4ccccc34)cc2)c2cccc3c2sc2ccccc23)c(-c2ccc3oc4cc5ccccc5cc4c3c2)c1. The van der Waals surface area contributed by atoms with E-state index in [1.165, 1.54) is 63.6 Å². The number of rotatable bonds is 5. The quantitative estimate of drug-likeness (QED) is 0.163. The Morgan fingerprint density at radius 2 is 0.982 bits per heavy atom. The average molecular weight is 744 g/mol. The fourth-order valence-electron chi connectivity index (χ4n) is 8.94. The van der Waals surface area contributed by atoms with Crippen LogP contribution >= 0.6 is 11.3 Å². The van der Waals surface area contributed by atoms with Crippen LogP contribution in [0.15, 0.2) is 205 Å². The molecule has 0 amide bonds. The second-order valence-corrected chi connectivity index (χ2v) is 15.9. The number of thiophene rings is 1. The van der Waals surface area contributed by atoms with Crippen LogP contribution in [0.5, 0.6) is 0 Å². The molecule has 2 aromatic heterocycles. The standard InChI is InChI=1S/C54H33NOS/c1-2-13-36-33-52-48(30-35(36)12-1)47-32-38(26-29-51(47)56-52)41-16-7-9-21-49(41)55(50-22-11-20-45-44-19-8-10-23-53(44)57-54(45)50)39-27-24-34(25-28-39)46-31-37-14-3-4-15-40(37)42-17-5-6-18-43(42)46/h1-33H. The Morgan fingerprint density at radius 3 is 1.84 bits per heavy atom. The highest BCUT2D eigenvalue weighted by Crippen LogP contribution is 2.48. The fraction of sp³-hybridized carbons (Fsp3) is 0. The summed E-state index contributed by atoms with van der Waals surface area (Å²) in [6.07, 6.45) is 0. The second-order valence-electron chi connectivity index (χ2n) is 14.9. The van der Waals surface area contributed by atoms with Gasteiger partial charge in [0.25, 0.3) is 0 Å². The zero-order valence-corrected chi connectivity index (χ0v) is 31.6. The first-order valence-electron chi connectivity index (χ1n) is 19.4. The lowest BCUT2D eigenvalue weighted by Gasteiger charge is -2.28. The first-order valence-corrected chi connectivity index (χ1v) is 20.2. The molecule has 0 N–H and O–H groups in total. The van der Waals surface area contributed by atoms with Gasteiger partial charge < -0.3 is 9.32 Å². The number of hydrogen-bond acceptors (Lipinski definition) is 3. The van der Waals surface area contributed by atoms with Crippen molar-refractivity contribution in [3.8, 4) is 22.3 Å². The molecular weight excluding hydrogens is 711 g/mol. The lowest BCUT2D eigenvalue weighted by atomic mass is 9.93. The Labute approximate surface area is 333 Å². The highest BCUT2D eigenvalue weighted by Gasteiger charge is 2.22. The van der Waals surface area contributed by atoms with Crippen LogP contribution in [0.2, 0.25) is 0 Å². The molecule has 0 aliphatic heterocycles. The van der Waals surface area contributed by atoms with E-state index >= 15 is 0 Å². The van der Waals surface area contributed by atoms with Crippen LogP contribution < -0.4 is 4.90 Å². The van der Waals surface area contributed by atoms with Crippen molar-refractivity contribution in [3.05, 3.63) is 200 Å². The maximum absolute atomic E-state index is 6.43. The Kier molecular flexibility index (Phi) is 7.13. The molecule has 10 aromatic carbocycles. The van der Waals surface area contributed by atoms with Crippen LogP contribution in [-0.4, -0.2) is 0 Å². The normalized spacial score (nSPS) is 11.9. The van der Waals surface area contributed by atoms with Crippen molar-refractivity contribution in [1.82, 2.24) is 0 Å². The largest absolute Gasteiger partial charge is 0.456 e. The van der Waals surface area contributed by atoms with E-state index < -0.39 is 0 Å². The summed E-state index contributed by atoms with van der Waals surface area (Å²) < 4.78 is 8.99. The van der Waals surface area contributed by atoms with Gasteiger partial charge in [0, 0.05) is 37.5 Å². The number of hydrogen-bond donors (Lipinski definition) is 0. The maximum Gasteiger partial charge on any atom is 0.136 e. The van der Waals surface area contributed by atoms with Crippen molar-refractivity contribution in [2.24, 2.45) is 0 Å². The molecule has 0 atom stereocenters. The molecule has 0 aliphatic rings. The maximum atomic E-state index is 6.43. The summed E-state index contributed by atoms with van der Waals surface area (Å²) in [5, 5.41) is 12.3. The minimum absolute atomic E-state index is 0.894. The van der Waals surface area contributed by atoms with E-state index in [1.54, 1.807) is 0 Å². The molecule has 0 bridgehead atoms. The van der Waals surface area contributed by atoms with Gasteiger partial charge in [-0.05, 0) is 110 Å². The number of nitrogens with zero attached hydrogens (tertiary/aromatic N) is 1. The van der Waals surface area contributed by atoms with Gasteiger partial charge in [-0.3, -0.25) is 0 Å². The first kappa shape index (κ1) is 32.1. The highest BCUT2D eigenvalue weighted by atomic mass is 32.1. The molecule has 0 fully saturated rings. The molecule has 12 aromatic rings. The third kappa shape index (κ3) is 5.10. The zero-order valence-electron chi connectivity index (χ0n) is 30.8. The first-order chi connectivity index (χ1) is 28.2. The lowest BCUT2D eigenvalue weighted by Crippen LogP contribution is -2.11. The van der Waals surface area contributed by atoms with E-state index in [-0.39, 0.29) is 0 Å². The molecule has 0 unspecified atom stereocenters. The molecule has 2 nitrogen and oxygen atoms in total. The molecule has 266 valence electrons. The lowest BCUT2D eigenvalue weighted by molar-refractivity contribution is 0.669. The number of anilines is 3. The van der Waals surface area contributed by atoms with Crippen molar-refractivity contribution >= 4 is 103 Å². The summed E-state index contributed by atoms with van der Waals surface area (Å²) in [5.41, 5.74) is 9.90. The zero-order chi connectivity index (χ0) is 37.5. The van der Waals surface area contributed by atoms with Crippen molar-refractivity contribution in [1.29, 1.82) is 0 Å². The van der Waals surface area contributed by atoms with Gasteiger partial charge >= 0.3 is 0 Å². The van der Waals surface area contributed by atoms with Crippen molar-refractivity contribution < 1.29 is 4.42 Å². The van der Waals surface area contributed by atoms with E-state index in [4.69, 9.17) is 4.42 Å². The molecule has 2 heterocycles. The Hall–Kier alpha value is -7.20. The second kappa shape index (κ2) is 12.7. The number of benzene rings is 10. The predicted molar refractivity (Wildman–Crippen MR) is 245 cm³/mol. The monoisotopic (exact) mass is 743 g/mol. The van der Waals surface area contributed by atoms with Gasteiger partial charge in [-0.1, -0.05) is 140 Å². The van der Waals surface area contributed by atoms with E-state index in [1.807, 2.05) is 11.3 Å². The molecule has 12 rings (SSSR count). The van der Waals surface area contributed by atoms with Gasteiger partial charge in [0.1, 0.15) is 11.2 Å². The molecule has 0 aliphatic carbocycles. The van der Waals surface area contributed by atoms with Crippen LogP contribution in [0.1, 0.15) is 0 Å². The van der Waals surface area contributed by atoms with Gasteiger partial charge in [0.15, 0.2) is 0 Å². The van der Waals surface area contributed by atoms with E-state index in [2.05, 4.69) is 205 Å². The van der Waals surface area contributed by atoms with Gasteiger partial charge in [-0.2, -0.15) is 0 Å². The van der Waals surface area contributed by atoms with Crippen molar-refractivity contribution in [2.75, 3.05) is 4.90 Å². The van der Waals surface area contributed by atoms with Crippen LogP contribution in [0.3, 0.4) is 0 Å². The Balaban J connectivity index is 1.06. The summed E-state index contributed by atoms with van der Waals surface area (Å²) in [4.78, 5) is 2.46. The molecule has 57 heavy (non-hydrogen) atoms. The summed E-state index contributed by atoms with van der Waals surface area (Å²) in [5.74, 6) is 0. The minimum Gasteiger partial charge on any atom is -0.456 e. The molecular formula is C54H33NOS. The Morgan fingerprint density at radius 1 is 0.351 bits per heavy atom. The summed E-state index contributed by atoms with van der Waals surface area (Å²) in [7, 11) is 0. The topological polar surface area (TPSA) is 16.4 Å². The molecule has 3 heteroatoms. The van der Waals surface area contributed by atoms with Crippen molar-refractivity contribution in [3.63, 3.8) is 0 Å². The number of fused-ring (bicyclic) bond motifs is 10. The van der Waals surface area contributed by atoms with Gasteiger partial charge in [-0.25, -0.2) is 0 Å². The van der Waals surface area contributed by atoms with Crippen LogP contribution in [0.4, 0.5) is 17.1 Å². The van der Waals surface area contributed by atoms with Crippen LogP contribution in [-0.2, 0) is 0 Å². The minimum atomic E-state index is 0.894. The molecule has 0 radical (unpaired) electrons. The fourth-order valence-corrected chi connectivity index (χ4v) is 10.1. The third-order valence-electron chi connectivity index (χ3n) is 11.6. The van der Waals surface area contributed by atoms with Gasteiger partial charge in [0.05, 0.1) is 16.1 Å². The van der Waals surface area contributed by atoms with E-state index in [0.717, 1.165) is 50.1 Å². The van der Waals surface area contributed by atoms with E-state index in [9.17, 15) is 0 Å². The third-order valence-corrected chi connectivity index (χ3v) is 12.8. The van der Waals surface area contributed by atoms with Gasteiger partial charge in [0.2, 0.25) is 0 Å². The number of para-hydroxylation sites is 1. The Bertz CT molecular complexity index is 3540. The summed E-state index contributed by atoms with van der Waals surface area (Å²) in [6, 6.07) is 72.9. The highest BCUT2D eigenvalue weighted by molar-refractivity contribution is 7.26. The molecule has 0 saturated heterocycles. The predicted octanol–water partition coefficient (Wildman–Crippen LogP) is 16.2. The molecule has 0 spiro atoms.